The minimum absolute atomic E-state index is 0.116. The molecule has 0 aliphatic rings. The van der Waals surface area contributed by atoms with Crippen LogP contribution in [0.1, 0.15) is 26.3 Å². The second-order valence-corrected chi connectivity index (χ2v) is 6.70. The zero-order valence-corrected chi connectivity index (χ0v) is 15.4. The van der Waals surface area contributed by atoms with Gasteiger partial charge in [0.2, 0.25) is 0 Å². The average Bonchev–Trinajstić information content (AvgIpc) is 2.43. The Balaban J connectivity index is 2.51. The Morgan fingerprint density at radius 1 is 1.26 bits per heavy atom. The Hall–Kier alpha value is -1.76. The highest BCUT2D eigenvalue weighted by molar-refractivity contribution is 9.10. The molecule has 0 aromatic heterocycles. The van der Waals surface area contributed by atoms with E-state index < -0.39 is 11.7 Å². The quantitative estimate of drug-likeness (QED) is 0.599. The maximum Gasteiger partial charge on any atom is 0.407 e. The smallest absolute Gasteiger partial charge is 0.407 e. The number of alkyl carbamates (subject to hydrolysis) is 1. The second-order valence-electron chi connectivity index (χ2n) is 5.78. The first-order chi connectivity index (χ1) is 10.7. The number of amides is 1. The van der Waals surface area contributed by atoms with Gasteiger partial charge in [0.1, 0.15) is 18.0 Å². The molecule has 1 amide bonds. The summed E-state index contributed by atoms with van der Waals surface area (Å²) in [5, 5.41) is 2.61. The fourth-order valence-corrected chi connectivity index (χ4v) is 2.09. The molecule has 1 rings (SSSR count). The number of nitrogens with one attached hydrogen (secondary N) is 1. The van der Waals surface area contributed by atoms with Gasteiger partial charge >= 0.3 is 12.1 Å². The summed E-state index contributed by atoms with van der Waals surface area (Å²) in [6.07, 6.45) is -0.378. The van der Waals surface area contributed by atoms with E-state index in [0.29, 0.717) is 17.9 Å². The van der Waals surface area contributed by atoms with E-state index in [-0.39, 0.29) is 19.0 Å². The van der Waals surface area contributed by atoms with E-state index >= 15 is 0 Å². The molecule has 0 heterocycles. The third-order valence-electron chi connectivity index (χ3n) is 2.61. The Morgan fingerprint density at radius 2 is 1.96 bits per heavy atom. The summed E-state index contributed by atoms with van der Waals surface area (Å²) in [5.74, 6) is 0.226. The molecule has 0 spiro atoms. The van der Waals surface area contributed by atoms with Crippen LogP contribution >= 0.6 is 15.9 Å². The van der Waals surface area contributed by atoms with Crippen molar-refractivity contribution in [3.8, 4) is 5.75 Å². The maximum absolute atomic E-state index is 11.5. The van der Waals surface area contributed by atoms with Crippen LogP contribution in [0.25, 0.3) is 0 Å². The molecule has 128 valence electrons. The molecule has 23 heavy (non-hydrogen) atoms. The summed E-state index contributed by atoms with van der Waals surface area (Å²) in [4.78, 5) is 22.9. The molecule has 0 bridgehead atoms. The number of carbonyl (C=O) groups excluding carboxylic acids is 2. The Kier molecular flexibility index (Phi) is 7.35. The topological polar surface area (TPSA) is 73.9 Å². The number of halogens is 1. The normalized spacial score (nSPS) is 10.8. The number of benzene rings is 1. The van der Waals surface area contributed by atoms with Crippen molar-refractivity contribution >= 4 is 28.0 Å². The number of methoxy groups -OCH3 is 1. The van der Waals surface area contributed by atoms with Gasteiger partial charge in [-0.15, -0.1) is 0 Å². The molecule has 0 radical (unpaired) electrons. The van der Waals surface area contributed by atoms with Crippen LogP contribution in [0.3, 0.4) is 0 Å². The lowest BCUT2D eigenvalue weighted by atomic mass is 10.1. The van der Waals surface area contributed by atoms with Gasteiger partial charge in [-0.1, -0.05) is 15.9 Å². The van der Waals surface area contributed by atoms with E-state index in [1.165, 1.54) is 7.11 Å². The van der Waals surface area contributed by atoms with Gasteiger partial charge in [0.05, 0.1) is 20.1 Å². The van der Waals surface area contributed by atoms with Gasteiger partial charge in [0, 0.05) is 10.0 Å². The fraction of sp³-hybridized carbons (Fsp3) is 0.500. The predicted molar refractivity (Wildman–Crippen MR) is 89.6 cm³/mol. The van der Waals surface area contributed by atoms with Crippen molar-refractivity contribution in [2.75, 3.05) is 20.3 Å². The van der Waals surface area contributed by atoms with Crippen molar-refractivity contribution in [2.45, 2.75) is 32.8 Å². The molecule has 1 N–H and O–H groups in total. The molecule has 0 saturated heterocycles. The van der Waals surface area contributed by atoms with Crippen LogP contribution in [-0.2, 0) is 20.7 Å². The Morgan fingerprint density at radius 3 is 2.57 bits per heavy atom. The summed E-state index contributed by atoms with van der Waals surface area (Å²) in [7, 11) is 1.34. The number of carbonyl (C=O) groups is 2. The molecule has 7 heteroatoms. The van der Waals surface area contributed by atoms with Gasteiger partial charge in [-0.25, -0.2) is 4.79 Å². The van der Waals surface area contributed by atoms with E-state index in [2.05, 4.69) is 26.0 Å². The molecule has 6 nitrogen and oxygen atoms in total. The zero-order chi connectivity index (χ0) is 17.5. The zero-order valence-electron chi connectivity index (χ0n) is 13.8. The Bertz CT molecular complexity index is 554. The molecule has 0 aliphatic heterocycles. The molecule has 0 aliphatic carbocycles. The van der Waals surface area contributed by atoms with E-state index in [1.807, 2.05) is 6.07 Å². The van der Waals surface area contributed by atoms with Crippen LogP contribution in [0.15, 0.2) is 22.7 Å². The minimum Gasteiger partial charge on any atom is -0.491 e. The lowest BCUT2D eigenvalue weighted by Gasteiger charge is -2.19. The lowest BCUT2D eigenvalue weighted by Crippen LogP contribution is -2.34. The molecule has 1 aromatic carbocycles. The standard InChI is InChI=1S/C16H22BrNO5/c1-16(2,3)23-15(20)18-7-8-22-13-6-5-12(17)9-11(13)10-14(19)21-4/h5-6,9H,7-8,10H2,1-4H3,(H,18,20). The van der Waals surface area contributed by atoms with Crippen LogP contribution in [0.4, 0.5) is 4.79 Å². The third kappa shape index (κ3) is 7.88. The predicted octanol–water partition coefficient (Wildman–Crippen LogP) is 3.07. The van der Waals surface area contributed by atoms with Gasteiger partial charge in [0.15, 0.2) is 0 Å². The molecule has 1 aromatic rings. The molecular formula is C16H22BrNO5. The molecule has 0 saturated carbocycles. The average molecular weight is 388 g/mol. The first-order valence-corrected chi connectivity index (χ1v) is 7.95. The highest BCUT2D eigenvalue weighted by Gasteiger charge is 2.15. The van der Waals surface area contributed by atoms with Crippen LogP contribution in [0, 0.1) is 0 Å². The summed E-state index contributed by atoms with van der Waals surface area (Å²) < 4.78 is 16.3. The van der Waals surface area contributed by atoms with Crippen molar-refractivity contribution in [2.24, 2.45) is 0 Å². The monoisotopic (exact) mass is 387 g/mol. The molecule has 0 unspecified atom stereocenters. The van der Waals surface area contributed by atoms with Crippen LogP contribution in [-0.4, -0.2) is 37.9 Å². The largest absolute Gasteiger partial charge is 0.491 e. The van der Waals surface area contributed by atoms with Crippen molar-refractivity contribution < 1.29 is 23.8 Å². The SMILES string of the molecule is COC(=O)Cc1cc(Br)ccc1OCCNC(=O)OC(C)(C)C. The van der Waals surface area contributed by atoms with Gasteiger partial charge < -0.3 is 19.5 Å². The first kappa shape index (κ1) is 19.3. The second kappa shape index (κ2) is 8.76. The number of esters is 1. The number of hydrogen-bond acceptors (Lipinski definition) is 5. The summed E-state index contributed by atoms with van der Waals surface area (Å²) in [5.41, 5.74) is 0.174. The summed E-state index contributed by atoms with van der Waals surface area (Å²) >= 11 is 3.36. The number of ether oxygens (including phenoxy) is 3. The van der Waals surface area contributed by atoms with Crippen LogP contribution in [0.5, 0.6) is 5.75 Å². The summed E-state index contributed by atoms with van der Waals surface area (Å²) in [6.45, 7) is 5.94. The minimum atomic E-state index is -0.537. The van der Waals surface area contributed by atoms with Gasteiger partial charge in [0.25, 0.3) is 0 Å². The number of hydrogen-bond donors (Lipinski definition) is 1. The van der Waals surface area contributed by atoms with Crippen LogP contribution < -0.4 is 10.1 Å². The van der Waals surface area contributed by atoms with Crippen LogP contribution in [0.2, 0.25) is 0 Å². The highest BCUT2D eigenvalue weighted by Crippen LogP contribution is 2.24. The Labute approximate surface area is 144 Å². The number of rotatable bonds is 6. The van der Waals surface area contributed by atoms with Gasteiger partial charge in [-0.2, -0.15) is 0 Å². The van der Waals surface area contributed by atoms with Crippen molar-refractivity contribution in [3.63, 3.8) is 0 Å². The van der Waals surface area contributed by atoms with Gasteiger partial charge in [-0.05, 0) is 39.0 Å². The third-order valence-corrected chi connectivity index (χ3v) is 3.11. The van der Waals surface area contributed by atoms with E-state index in [0.717, 1.165) is 4.47 Å². The maximum atomic E-state index is 11.5. The summed E-state index contributed by atoms with van der Waals surface area (Å²) in [6, 6.07) is 5.38. The van der Waals surface area contributed by atoms with Gasteiger partial charge in [-0.3, -0.25) is 4.79 Å². The highest BCUT2D eigenvalue weighted by atomic mass is 79.9. The van der Waals surface area contributed by atoms with E-state index in [1.54, 1.807) is 32.9 Å². The van der Waals surface area contributed by atoms with E-state index in [4.69, 9.17) is 9.47 Å². The molecule has 0 atom stereocenters. The molecular weight excluding hydrogens is 366 g/mol. The molecule has 0 fully saturated rings. The van der Waals surface area contributed by atoms with Crippen molar-refractivity contribution in [3.05, 3.63) is 28.2 Å². The first-order valence-electron chi connectivity index (χ1n) is 7.16. The van der Waals surface area contributed by atoms with Crippen molar-refractivity contribution in [1.29, 1.82) is 0 Å². The lowest BCUT2D eigenvalue weighted by molar-refractivity contribution is -0.139. The van der Waals surface area contributed by atoms with E-state index in [9.17, 15) is 9.59 Å². The fourth-order valence-electron chi connectivity index (χ4n) is 1.68. The van der Waals surface area contributed by atoms with Crippen molar-refractivity contribution in [1.82, 2.24) is 5.32 Å².